The van der Waals surface area contributed by atoms with Gasteiger partial charge in [-0.3, -0.25) is 23.4 Å². The quantitative estimate of drug-likeness (QED) is 0.0265. The van der Waals surface area contributed by atoms with Crippen LogP contribution < -0.4 is 5.73 Å². The number of carboxylic acid groups (broad SMARTS) is 1. The Morgan fingerprint density at radius 3 is 1.65 bits per heavy atom. The van der Waals surface area contributed by atoms with Gasteiger partial charge in [-0.05, 0) is 32.1 Å². The number of rotatable bonds is 33. The van der Waals surface area contributed by atoms with Crippen molar-refractivity contribution in [1.82, 2.24) is 0 Å². The van der Waals surface area contributed by atoms with Gasteiger partial charge in [-0.2, -0.15) is 0 Å². The van der Waals surface area contributed by atoms with Crippen molar-refractivity contribution in [3.05, 3.63) is 12.2 Å². The number of nitrogens with two attached hydrogens (primary N) is 1. The third-order valence-electron chi connectivity index (χ3n) is 7.51. The summed E-state index contributed by atoms with van der Waals surface area (Å²) in [6.45, 7) is 2.71. The molecule has 11 nitrogen and oxygen atoms in total. The molecule has 0 aliphatic heterocycles. The van der Waals surface area contributed by atoms with Crippen LogP contribution in [0.2, 0.25) is 0 Å². The van der Waals surface area contributed by atoms with Gasteiger partial charge in [-0.1, -0.05) is 122 Å². The largest absolute Gasteiger partial charge is 0.480 e. The molecule has 0 aromatic heterocycles. The number of phosphoric acid groups is 1. The van der Waals surface area contributed by atoms with Crippen LogP contribution in [0.3, 0.4) is 0 Å². The molecule has 0 fully saturated rings. The summed E-state index contributed by atoms with van der Waals surface area (Å²) in [5.74, 6) is -2.39. The van der Waals surface area contributed by atoms with Gasteiger partial charge < -0.3 is 25.2 Å². The van der Waals surface area contributed by atoms with Crippen molar-refractivity contribution >= 4 is 25.7 Å². The van der Waals surface area contributed by atoms with Gasteiger partial charge in [0.2, 0.25) is 0 Å². The van der Waals surface area contributed by atoms with Gasteiger partial charge in [0.05, 0.1) is 13.2 Å². The SMILES string of the molecule is CCCC/C=C/CCCCCCCC(=O)O[C@H](COC(=O)CCCCCCCCCCCCC)COP(=O)(O)OC[C@H](N)C(=O)O. The van der Waals surface area contributed by atoms with Crippen molar-refractivity contribution in [3.8, 4) is 0 Å². The van der Waals surface area contributed by atoms with Gasteiger partial charge in [0, 0.05) is 12.8 Å². The van der Waals surface area contributed by atoms with E-state index in [9.17, 15) is 23.8 Å². The summed E-state index contributed by atoms with van der Waals surface area (Å²) in [6, 6.07) is -1.52. The molecule has 0 saturated carbocycles. The Labute approximate surface area is 278 Å². The predicted molar refractivity (Wildman–Crippen MR) is 180 cm³/mol. The lowest BCUT2D eigenvalue weighted by atomic mass is 10.1. The topological polar surface area (TPSA) is 172 Å². The van der Waals surface area contributed by atoms with Crippen molar-refractivity contribution in [2.75, 3.05) is 19.8 Å². The zero-order valence-electron chi connectivity index (χ0n) is 28.7. The van der Waals surface area contributed by atoms with E-state index in [0.717, 1.165) is 57.8 Å². The number of hydrogen-bond donors (Lipinski definition) is 3. The van der Waals surface area contributed by atoms with Crippen molar-refractivity contribution in [3.63, 3.8) is 0 Å². The highest BCUT2D eigenvalue weighted by Crippen LogP contribution is 2.43. The molecule has 4 N–H and O–H groups in total. The number of allylic oxidation sites excluding steroid dienone is 2. The van der Waals surface area contributed by atoms with Gasteiger partial charge in [0.1, 0.15) is 12.6 Å². The van der Waals surface area contributed by atoms with Crippen molar-refractivity contribution in [2.45, 2.75) is 167 Å². The molecule has 0 saturated heterocycles. The third kappa shape index (κ3) is 29.6. The number of hydrogen-bond acceptors (Lipinski definition) is 9. The average Bonchev–Trinajstić information content (AvgIpc) is 3.02. The van der Waals surface area contributed by atoms with Crippen LogP contribution in [0.1, 0.15) is 155 Å². The first-order valence-electron chi connectivity index (χ1n) is 17.7. The molecule has 0 radical (unpaired) electrons. The molecule has 0 rings (SSSR count). The first-order valence-corrected chi connectivity index (χ1v) is 19.2. The second kappa shape index (κ2) is 30.5. The van der Waals surface area contributed by atoms with E-state index >= 15 is 0 Å². The minimum Gasteiger partial charge on any atom is -0.480 e. The van der Waals surface area contributed by atoms with Crippen LogP contribution in [-0.4, -0.2) is 59.9 Å². The summed E-state index contributed by atoms with van der Waals surface area (Å²) in [6.07, 6.45) is 25.8. The van der Waals surface area contributed by atoms with Crippen LogP contribution in [0.5, 0.6) is 0 Å². The van der Waals surface area contributed by atoms with E-state index in [2.05, 4.69) is 30.5 Å². The molecule has 270 valence electrons. The zero-order chi connectivity index (χ0) is 34.3. The van der Waals surface area contributed by atoms with Crippen LogP contribution in [-0.2, 0) is 37.5 Å². The molecule has 3 atom stereocenters. The fourth-order valence-corrected chi connectivity index (χ4v) is 5.41. The molecule has 0 aliphatic carbocycles. The minimum absolute atomic E-state index is 0.154. The molecule has 46 heavy (non-hydrogen) atoms. The Kier molecular flexibility index (Phi) is 29.4. The smallest absolute Gasteiger partial charge is 0.472 e. The van der Waals surface area contributed by atoms with E-state index in [1.54, 1.807) is 0 Å². The fourth-order valence-electron chi connectivity index (χ4n) is 4.63. The zero-order valence-corrected chi connectivity index (χ0v) is 29.6. The van der Waals surface area contributed by atoms with E-state index < -0.39 is 51.1 Å². The maximum atomic E-state index is 12.5. The maximum absolute atomic E-state index is 12.5. The predicted octanol–water partition coefficient (Wildman–Crippen LogP) is 8.17. The number of carbonyl (C=O) groups excluding carboxylic acids is 2. The number of carbonyl (C=O) groups is 3. The molecular weight excluding hydrogens is 613 g/mol. The molecule has 0 heterocycles. The summed E-state index contributed by atoms with van der Waals surface area (Å²) in [5.41, 5.74) is 5.30. The second-order valence-electron chi connectivity index (χ2n) is 12.0. The molecule has 0 aliphatic rings. The molecule has 0 aromatic carbocycles. The van der Waals surface area contributed by atoms with Gasteiger partial charge >= 0.3 is 25.7 Å². The maximum Gasteiger partial charge on any atom is 0.472 e. The van der Waals surface area contributed by atoms with Crippen molar-refractivity contribution in [2.24, 2.45) is 5.73 Å². The Bertz CT molecular complexity index is 854. The number of aliphatic carboxylic acids is 1. The Hall–Kier alpha value is -1.78. The van der Waals surface area contributed by atoms with Crippen LogP contribution in [0.25, 0.3) is 0 Å². The van der Waals surface area contributed by atoms with Crippen molar-refractivity contribution < 1.29 is 47.5 Å². The number of unbranched alkanes of at least 4 members (excludes halogenated alkanes) is 17. The lowest BCUT2D eigenvalue weighted by molar-refractivity contribution is -0.161. The lowest BCUT2D eigenvalue weighted by Gasteiger charge is -2.20. The highest BCUT2D eigenvalue weighted by Gasteiger charge is 2.28. The second-order valence-corrected chi connectivity index (χ2v) is 13.5. The van der Waals surface area contributed by atoms with Gasteiger partial charge in [-0.25, -0.2) is 4.57 Å². The molecular formula is C34H64NO10P. The monoisotopic (exact) mass is 677 g/mol. The van der Waals surface area contributed by atoms with Gasteiger partial charge in [-0.15, -0.1) is 0 Å². The molecule has 0 bridgehead atoms. The summed E-state index contributed by atoms with van der Waals surface area (Å²) in [4.78, 5) is 45.5. The fraction of sp³-hybridized carbons (Fsp3) is 0.853. The van der Waals surface area contributed by atoms with Gasteiger partial charge in [0.25, 0.3) is 0 Å². The summed E-state index contributed by atoms with van der Waals surface area (Å²) >= 11 is 0. The van der Waals surface area contributed by atoms with E-state index in [0.29, 0.717) is 12.8 Å². The molecule has 12 heteroatoms. The normalized spacial score (nSPS) is 14.2. The summed E-state index contributed by atoms with van der Waals surface area (Å²) < 4.78 is 32.4. The molecule has 1 unspecified atom stereocenters. The van der Waals surface area contributed by atoms with E-state index in [4.69, 9.17) is 24.8 Å². The Morgan fingerprint density at radius 1 is 0.652 bits per heavy atom. The Balaban J connectivity index is 4.49. The third-order valence-corrected chi connectivity index (χ3v) is 8.46. The summed E-state index contributed by atoms with van der Waals surface area (Å²) in [7, 11) is -4.70. The molecule has 0 aromatic rings. The molecule has 0 spiro atoms. The average molecular weight is 678 g/mol. The van der Waals surface area contributed by atoms with E-state index in [-0.39, 0.29) is 19.4 Å². The summed E-state index contributed by atoms with van der Waals surface area (Å²) in [5, 5.41) is 8.83. The number of esters is 2. The van der Waals surface area contributed by atoms with Crippen LogP contribution in [0, 0.1) is 0 Å². The van der Waals surface area contributed by atoms with Crippen LogP contribution in [0.4, 0.5) is 0 Å². The van der Waals surface area contributed by atoms with Crippen molar-refractivity contribution in [1.29, 1.82) is 0 Å². The first kappa shape index (κ1) is 44.2. The van der Waals surface area contributed by atoms with Crippen LogP contribution >= 0.6 is 7.82 Å². The van der Waals surface area contributed by atoms with E-state index in [1.165, 1.54) is 57.8 Å². The molecule has 0 amide bonds. The number of carboxylic acids is 1. The minimum atomic E-state index is -4.70. The van der Waals surface area contributed by atoms with Gasteiger partial charge in [0.15, 0.2) is 6.10 Å². The number of phosphoric ester groups is 1. The number of ether oxygens (including phenoxy) is 2. The van der Waals surface area contributed by atoms with Crippen LogP contribution in [0.15, 0.2) is 12.2 Å². The first-order chi connectivity index (χ1) is 22.1. The standard InChI is InChI=1S/C34H64NO10P/c1-3-5-7-9-11-13-15-17-19-21-23-25-32(36)42-27-30(28-43-46(40,41)44-29-31(35)34(38)39)45-33(37)26-24-22-20-18-16-14-12-10-8-6-4-2/h10,12,30-31H,3-9,11,13-29,35H2,1-2H3,(H,38,39)(H,40,41)/b12-10+/t30-,31+/m1/s1. The highest BCUT2D eigenvalue weighted by molar-refractivity contribution is 7.47. The Morgan fingerprint density at radius 2 is 1.11 bits per heavy atom. The lowest BCUT2D eigenvalue weighted by Crippen LogP contribution is -2.34. The highest BCUT2D eigenvalue weighted by atomic mass is 31.2. The van der Waals surface area contributed by atoms with E-state index in [1.807, 2.05) is 0 Å².